The molecular formula is C16H34N3O8P. The maximum Gasteiger partial charge on any atom is 0.474 e. The zero-order valence-electron chi connectivity index (χ0n) is 17.5. The molecule has 1 unspecified atom stereocenters. The number of rotatable bonds is 11. The van der Waals surface area contributed by atoms with E-state index in [2.05, 4.69) is 5.32 Å². The average molecular weight is 427 g/mol. The number of alkyl carbamates (subject to hydrolysis) is 1. The molecule has 0 aromatic heterocycles. The van der Waals surface area contributed by atoms with Gasteiger partial charge in [0.1, 0.15) is 11.2 Å². The standard InChI is InChI=1S/C16H34N3O8P/c1-15(2,3)26-13(20)12(19-14(21)27-16(4,5)6)11-25-28(22,23-9-7-17)24-10-8-18/h12H,7-11,17-18H2,1-6H3,(H,19,21). The smallest absolute Gasteiger partial charge is 0.458 e. The van der Waals surface area contributed by atoms with E-state index in [9.17, 15) is 14.2 Å². The van der Waals surface area contributed by atoms with E-state index in [4.69, 9.17) is 34.5 Å². The lowest BCUT2D eigenvalue weighted by Crippen LogP contribution is -2.48. The molecule has 0 spiro atoms. The molecule has 0 saturated heterocycles. The first-order chi connectivity index (χ1) is 12.7. The van der Waals surface area contributed by atoms with Crippen LogP contribution in [0.2, 0.25) is 0 Å². The molecule has 1 atom stereocenters. The van der Waals surface area contributed by atoms with Gasteiger partial charge in [-0.25, -0.2) is 14.2 Å². The van der Waals surface area contributed by atoms with E-state index < -0.39 is 43.7 Å². The van der Waals surface area contributed by atoms with Crippen molar-refractivity contribution in [1.82, 2.24) is 5.32 Å². The van der Waals surface area contributed by atoms with Crippen molar-refractivity contribution in [3.8, 4) is 0 Å². The fourth-order valence-corrected chi connectivity index (χ4v) is 2.81. The van der Waals surface area contributed by atoms with E-state index in [-0.39, 0.29) is 26.3 Å². The Hall–Kier alpha value is -1.23. The lowest BCUT2D eigenvalue weighted by atomic mass is 10.2. The molecule has 12 heteroatoms. The predicted octanol–water partition coefficient (Wildman–Crippen LogP) is 1.30. The number of amides is 1. The minimum absolute atomic E-state index is 0.0744. The molecule has 0 aliphatic rings. The molecule has 11 nitrogen and oxygen atoms in total. The van der Waals surface area contributed by atoms with Crippen LogP contribution in [-0.4, -0.2) is 62.2 Å². The van der Waals surface area contributed by atoms with E-state index in [1.54, 1.807) is 41.5 Å². The normalized spacial score (nSPS) is 13.7. The van der Waals surface area contributed by atoms with Gasteiger partial charge in [0.25, 0.3) is 0 Å². The predicted molar refractivity (Wildman–Crippen MR) is 103 cm³/mol. The van der Waals surface area contributed by atoms with Gasteiger partial charge in [0, 0.05) is 13.1 Å². The van der Waals surface area contributed by atoms with Gasteiger partial charge in [0.05, 0.1) is 19.8 Å². The lowest BCUT2D eigenvalue weighted by Gasteiger charge is -2.27. The van der Waals surface area contributed by atoms with Crippen LogP contribution >= 0.6 is 7.82 Å². The Morgan fingerprint density at radius 3 is 1.75 bits per heavy atom. The minimum atomic E-state index is -4.04. The number of phosphoric acid groups is 1. The number of carbonyl (C=O) groups is 2. The van der Waals surface area contributed by atoms with Crippen molar-refractivity contribution in [3.05, 3.63) is 0 Å². The van der Waals surface area contributed by atoms with Gasteiger partial charge < -0.3 is 26.3 Å². The maximum absolute atomic E-state index is 12.6. The Kier molecular flexibility index (Phi) is 11.2. The number of hydrogen-bond donors (Lipinski definition) is 3. The van der Waals surface area contributed by atoms with Gasteiger partial charge in [-0.15, -0.1) is 0 Å². The molecule has 0 heterocycles. The molecule has 1 amide bonds. The highest BCUT2D eigenvalue weighted by atomic mass is 31.2. The van der Waals surface area contributed by atoms with E-state index in [0.29, 0.717) is 0 Å². The molecular weight excluding hydrogens is 393 g/mol. The Bertz CT molecular complexity index is 533. The second-order valence-electron chi connectivity index (χ2n) is 7.72. The van der Waals surface area contributed by atoms with Crippen LogP contribution in [0.1, 0.15) is 41.5 Å². The van der Waals surface area contributed by atoms with Gasteiger partial charge in [-0.1, -0.05) is 0 Å². The number of carbonyl (C=O) groups excluding carboxylic acids is 2. The van der Waals surface area contributed by atoms with Crippen LogP contribution < -0.4 is 16.8 Å². The second kappa shape index (κ2) is 11.7. The topological polar surface area (TPSA) is 161 Å². The van der Waals surface area contributed by atoms with Gasteiger partial charge >= 0.3 is 19.9 Å². The fraction of sp³-hybridized carbons (Fsp3) is 0.875. The second-order valence-corrected chi connectivity index (χ2v) is 9.39. The molecule has 0 saturated carbocycles. The molecule has 0 radical (unpaired) electrons. The molecule has 5 N–H and O–H groups in total. The van der Waals surface area contributed by atoms with Crippen molar-refractivity contribution >= 4 is 19.9 Å². The van der Waals surface area contributed by atoms with Gasteiger partial charge in [-0.3, -0.25) is 13.6 Å². The summed E-state index contributed by atoms with van der Waals surface area (Å²) in [5.74, 6) is -0.803. The van der Waals surface area contributed by atoms with Crippen LogP contribution in [0.3, 0.4) is 0 Å². The van der Waals surface area contributed by atoms with E-state index in [1.165, 1.54) is 0 Å². The number of nitrogens with one attached hydrogen (secondary N) is 1. The number of ether oxygens (including phenoxy) is 2. The van der Waals surface area contributed by atoms with Gasteiger partial charge in [0.2, 0.25) is 0 Å². The number of esters is 1. The largest absolute Gasteiger partial charge is 0.474 e. The highest BCUT2D eigenvalue weighted by molar-refractivity contribution is 7.48. The number of phosphoric ester groups is 1. The Morgan fingerprint density at radius 1 is 0.893 bits per heavy atom. The van der Waals surface area contributed by atoms with Gasteiger partial charge in [-0.05, 0) is 41.5 Å². The molecule has 166 valence electrons. The van der Waals surface area contributed by atoms with Crippen molar-refractivity contribution in [3.63, 3.8) is 0 Å². The molecule has 0 aliphatic carbocycles. The molecule has 0 bridgehead atoms. The summed E-state index contributed by atoms with van der Waals surface area (Å²) in [5.41, 5.74) is 9.06. The summed E-state index contributed by atoms with van der Waals surface area (Å²) in [5, 5.41) is 2.34. The zero-order valence-corrected chi connectivity index (χ0v) is 18.4. The first kappa shape index (κ1) is 26.8. The fourth-order valence-electron chi connectivity index (χ4n) is 1.60. The molecule has 0 aromatic carbocycles. The SMILES string of the molecule is CC(C)(C)OC(=O)NC(COP(=O)(OCCN)OCCN)C(=O)OC(C)(C)C. The third-order valence-electron chi connectivity index (χ3n) is 2.52. The maximum atomic E-state index is 12.6. The summed E-state index contributed by atoms with van der Waals surface area (Å²) in [6, 6.07) is -1.31. The first-order valence-electron chi connectivity index (χ1n) is 8.87. The van der Waals surface area contributed by atoms with Crippen LogP contribution in [0.5, 0.6) is 0 Å². The summed E-state index contributed by atoms with van der Waals surface area (Å²) < 4.78 is 38.2. The molecule has 0 aliphatic heterocycles. The van der Waals surface area contributed by atoms with Crippen LogP contribution in [0.15, 0.2) is 0 Å². The summed E-state index contributed by atoms with van der Waals surface area (Å²) in [6.45, 7) is 9.40. The molecule has 0 aromatic rings. The monoisotopic (exact) mass is 427 g/mol. The molecule has 0 rings (SSSR count). The molecule has 0 fully saturated rings. The number of hydrogen-bond acceptors (Lipinski definition) is 10. The van der Waals surface area contributed by atoms with Crippen molar-refractivity contribution in [2.45, 2.75) is 58.8 Å². The highest BCUT2D eigenvalue weighted by Crippen LogP contribution is 2.49. The van der Waals surface area contributed by atoms with Crippen molar-refractivity contribution in [2.75, 3.05) is 32.9 Å². The Morgan fingerprint density at radius 2 is 1.36 bits per heavy atom. The Labute approximate surface area is 166 Å². The quantitative estimate of drug-likeness (QED) is 0.324. The van der Waals surface area contributed by atoms with E-state index in [0.717, 1.165) is 0 Å². The van der Waals surface area contributed by atoms with E-state index in [1.807, 2.05) is 0 Å². The highest BCUT2D eigenvalue weighted by Gasteiger charge is 2.33. The molecule has 28 heavy (non-hydrogen) atoms. The minimum Gasteiger partial charge on any atom is -0.458 e. The number of nitrogens with two attached hydrogens (primary N) is 2. The third-order valence-corrected chi connectivity index (χ3v) is 3.98. The van der Waals surface area contributed by atoms with Crippen LogP contribution in [0.4, 0.5) is 4.79 Å². The Balaban J connectivity index is 5.23. The summed E-state index contributed by atoms with van der Waals surface area (Å²) in [6.07, 6.45) is -0.868. The summed E-state index contributed by atoms with van der Waals surface area (Å²) in [7, 11) is -4.04. The first-order valence-corrected chi connectivity index (χ1v) is 10.3. The summed E-state index contributed by atoms with van der Waals surface area (Å²) in [4.78, 5) is 24.5. The average Bonchev–Trinajstić information content (AvgIpc) is 2.51. The third kappa shape index (κ3) is 13.0. The van der Waals surface area contributed by atoms with Gasteiger partial charge in [0.15, 0.2) is 6.04 Å². The van der Waals surface area contributed by atoms with Crippen molar-refractivity contribution in [2.24, 2.45) is 11.5 Å². The zero-order chi connectivity index (χ0) is 22.0. The van der Waals surface area contributed by atoms with Crippen molar-refractivity contribution in [1.29, 1.82) is 0 Å². The van der Waals surface area contributed by atoms with Crippen molar-refractivity contribution < 1.29 is 37.2 Å². The lowest BCUT2D eigenvalue weighted by molar-refractivity contribution is -0.158. The van der Waals surface area contributed by atoms with E-state index >= 15 is 0 Å². The van der Waals surface area contributed by atoms with Crippen LogP contribution in [0, 0.1) is 0 Å². The van der Waals surface area contributed by atoms with Crippen LogP contribution in [-0.2, 0) is 32.4 Å². The van der Waals surface area contributed by atoms with Gasteiger partial charge in [-0.2, -0.15) is 0 Å². The summed E-state index contributed by atoms with van der Waals surface area (Å²) >= 11 is 0. The van der Waals surface area contributed by atoms with Crippen LogP contribution in [0.25, 0.3) is 0 Å².